The van der Waals surface area contributed by atoms with Crippen molar-refractivity contribution in [3.8, 4) is 0 Å². The molecule has 0 atom stereocenters. The monoisotopic (exact) mass is 293 g/mol. The summed E-state index contributed by atoms with van der Waals surface area (Å²) in [7, 11) is 0. The Hall–Kier alpha value is -1.26. The maximum absolute atomic E-state index is 12.9. The van der Waals surface area contributed by atoms with Crippen LogP contribution < -0.4 is 0 Å². The highest BCUT2D eigenvalue weighted by Crippen LogP contribution is 2.27. The van der Waals surface area contributed by atoms with E-state index in [4.69, 9.17) is 4.74 Å². The average Bonchev–Trinajstić information content (AvgIpc) is 2.27. The minimum atomic E-state index is -0.275. The van der Waals surface area contributed by atoms with Gasteiger partial charge >= 0.3 is 0 Å². The van der Waals surface area contributed by atoms with Crippen LogP contribution in [0, 0.1) is 5.82 Å². The van der Waals surface area contributed by atoms with E-state index in [9.17, 15) is 9.18 Å². The van der Waals surface area contributed by atoms with Gasteiger partial charge in [-0.2, -0.15) is 0 Å². The third-order valence-electron chi connectivity index (χ3n) is 3.48. The number of benzene rings is 1. The molecule has 0 spiro atoms. The Balaban J connectivity index is 1.94. The summed E-state index contributed by atoms with van der Waals surface area (Å²) >= 11 is 0. The summed E-state index contributed by atoms with van der Waals surface area (Å²) < 4.78 is 18.9. The number of morpholine rings is 1. The number of ether oxygens (including phenoxy) is 1. The molecule has 0 N–H and O–H groups in total. The van der Waals surface area contributed by atoms with Crippen LogP contribution in [0.25, 0.3) is 0 Å². The van der Waals surface area contributed by atoms with Gasteiger partial charge in [-0.05, 0) is 45.4 Å². The Morgan fingerprint density at radius 2 is 1.67 bits per heavy atom. The van der Waals surface area contributed by atoms with Gasteiger partial charge in [-0.15, -0.1) is 0 Å². The summed E-state index contributed by atoms with van der Waals surface area (Å²) in [6.45, 7) is 10.1. The molecule has 1 heterocycles. The lowest BCUT2D eigenvalue weighted by Crippen LogP contribution is -2.58. The van der Waals surface area contributed by atoms with Gasteiger partial charge < -0.3 is 4.74 Å². The van der Waals surface area contributed by atoms with E-state index < -0.39 is 0 Å². The zero-order valence-corrected chi connectivity index (χ0v) is 13.3. The number of carbonyl (C=O) groups is 1. The van der Waals surface area contributed by atoms with Gasteiger partial charge in [-0.1, -0.05) is 12.1 Å². The standard InChI is InChI=1S/C17H24FNO2/c1-16(2)11-19(12-17(3,4)21-16)10-15(20)9-13-5-7-14(18)8-6-13/h5-8H,9-12H2,1-4H3. The van der Waals surface area contributed by atoms with Gasteiger partial charge in [0.1, 0.15) is 5.82 Å². The fraction of sp³-hybridized carbons (Fsp3) is 0.588. The van der Waals surface area contributed by atoms with Crippen molar-refractivity contribution in [1.29, 1.82) is 0 Å². The fourth-order valence-electron chi connectivity index (χ4n) is 3.19. The Bertz CT molecular complexity index is 492. The van der Waals surface area contributed by atoms with Crippen molar-refractivity contribution in [1.82, 2.24) is 4.90 Å². The van der Waals surface area contributed by atoms with Crippen LogP contribution in [0.5, 0.6) is 0 Å². The van der Waals surface area contributed by atoms with Crippen LogP contribution in [0.15, 0.2) is 24.3 Å². The van der Waals surface area contributed by atoms with E-state index in [0.717, 1.165) is 18.7 Å². The van der Waals surface area contributed by atoms with Crippen LogP contribution in [0.4, 0.5) is 4.39 Å². The van der Waals surface area contributed by atoms with Crippen molar-refractivity contribution in [2.24, 2.45) is 0 Å². The number of carbonyl (C=O) groups excluding carboxylic acids is 1. The average molecular weight is 293 g/mol. The molecule has 21 heavy (non-hydrogen) atoms. The largest absolute Gasteiger partial charge is 0.367 e. The lowest BCUT2D eigenvalue weighted by atomic mass is 9.98. The number of hydrogen-bond donors (Lipinski definition) is 0. The second-order valence-electron chi connectivity index (χ2n) is 7.11. The molecule has 116 valence electrons. The first-order chi connectivity index (χ1) is 9.65. The van der Waals surface area contributed by atoms with E-state index in [1.54, 1.807) is 12.1 Å². The molecule has 1 saturated heterocycles. The van der Waals surface area contributed by atoms with Crippen molar-refractivity contribution < 1.29 is 13.9 Å². The summed E-state index contributed by atoms with van der Waals surface area (Å²) in [6.07, 6.45) is 0.346. The second kappa shape index (κ2) is 5.85. The highest BCUT2D eigenvalue weighted by molar-refractivity contribution is 5.82. The molecule has 0 amide bonds. The minimum absolute atomic E-state index is 0.148. The summed E-state index contributed by atoms with van der Waals surface area (Å²) in [5.74, 6) is -0.127. The van der Waals surface area contributed by atoms with E-state index in [-0.39, 0.29) is 22.8 Å². The first-order valence-corrected chi connectivity index (χ1v) is 7.34. The van der Waals surface area contributed by atoms with E-state index in [2.05, 4.69) is 4.90 Å². The van der Waals surface area contributed by atoms with Crippen molar-refractivity contribution in [2.75, 3.05) is 19.6 Å². The second-order valence-corrected chi connectivity index (χ2v) is 7.11. The van der Waals surface area contributed by atoms with Crippen LogP contribution in [-0.4, -0.2) is 41.5 Å². The molecular formula is C17H24FNO2. The van der Waals surface area contributed by atoms with Crippen LogP contribution in [0.2, 0.25) is 0 Å². The van der Waals surface area contributed by atoms with Crippen LogP contribution in [-0.2, 0) is 16.0 Å². The number of nitrogens with zero attached hydrogens (tertiary/aromatic N) is 1. The quantitative estimate of drug-likeness (QED) is 0.855. The van der Waals surface area contributed by atoms with E-state index in [1.165, 1.54) is 12.1 Å². The molecule has 1 aromatic carbocycles. The summed E-state index contributed by atoms with van der Waals surface area (Å²) in [5.41, 5.74) is 0.351. The number of rotatable bonds is 4. The van der Waals surface area contributed by atoms with Gasteiger partial charge in [0, 0.05) is 19.5 Å². The van der Waals surface area contributed by atoms with Gasteiger partial charge in [-0.3, -0.25) is 9.69 Å². The van der Waals surface area contributed by atoms with Crippen LogP contribution >= 0.6 is 0 Å². The molecule has 0 aromatic heterocycles. The zero-order chi connectivity index (χ0) is 15.7. The summed E-state index contributed by atoms with van der Waals surface area (Å²) in [5, 5.41) is 0. The zero-order valence-electron chi connectivity index (χ0n) is 13.3. The lowest BCUT2D eigenvalue weighted by Gasteiger charge is -2.47. The number of ketones is 1. The number of hydrogen-bond acceptors (Lipinski definition) is 3. The van der Waals surface area contributed by atoms with Gasteiger partial charge in [0.15, 0.2) is 5.78 Å². The highest BCUT2D eigenvalue weighted by Gasteiger charge is 2.38. The first-order valence-electron chi connectivity index (χ1n) is 7.34. The molecule has 2 rings (SSSR count). The van der Waals surface area contributed by atoms with Crippen molar-refractivity contribution in [3.05, 3.63) is 35.6 Å². The number of halogens is 1. The van der Waals surface area contributed by atoms with Gasteiger partial charge in [0.2, 0.25) is 0 Å². The normalized spacial score (nSPS) is 21.2. The van der Waals surface area contributed by atoms with E-state index >= 15 is 0 Å². The molecule has 3 nitrogen and oxygen atoms in total. The number of Topliss-reactive ketones (excluding diaryl/α,β-unsaturated/α-hetero) is 1. The molecule has 0 bridgehead atoms. The third-order valence-corrected chi connectivity index (χ3v) is 3.48. The van der Waals surface area contributed by atoms with Crippen LogP contribution in [0.3, 0.4) is 0 Å². The first kappa shape index (κ1) is 16.1. The Morgan fingerprint density at radius 3 is 2.19 bits per heavy atom. The topological polar surface area (TPSA) is 29.5 Å². The fourth-order valence-corrected chi connectivity index (χ4v) is 3.19. The molecule has 0 aliphatic carbocycles. The van der Waals surface area contributed by atoms with Gasteiger partial charge in [-0.25, -0.2) is 4.39 Å². The molecule has 0 radical (unpaired) electrons. The van der Waals surface area contributed by atoms with Crippen molar-refractivity contribution >= 4 is 5.78 Å². The van der Waals surface area contributed by atoms with Crippen molar-refractivity contribution in [3.63, 3.8) is 0 Å². The highest BCUT2D eigenvalue weighted by atomic mass is 19.1. The molecule has 4 heteroatoms. The third kappa shape index (κ3) is 4.90. The van der Waals surface area contributed by atoms with Gasteiger partial charge in [0.05, 0.1) is 17.7 Å². The Kier molecular flexibility index (Phi) is 4.49. The predicted octanol–water partition coefficient (Wildman–Crippen LogP) is 2.83. The maximum Gasteiger partial charge on any atom is 0.151 e. The Labute approximate surface area is 126 Å². The molecule has 1 aliphatic heterocycles. The SMILES string of the molecule is CC1(C)CN(CC(=O)Cc2ccc(F)cc2)CC(C)(C)O1. The Morgan fingerprint density at radius 1 is 1.14 bits per heavy atom. The summed E-state index contributed by atoms with van der Waals surface area (Å²) in [4.78, 5) is 14.4. The van der Waals surface area contributed by atoms with E-state index in [1.807, 2.05) is 27.7 Å². The molecule has 0 unspecified atom stereocenters. The lowest BCUT2D eigenvalue weighted by molar-refractivity contribution is -0.180. The maximum atomic E-state index is 12.9. The summed E-state index contributed by atoms with van der Waals surface area (Å²) in [6, 6.07) is 6.12. The minimum Gasteiger partial charge on any atom is -0.367 e. The predicted molar refractivity (Wildman–Crippen MR) is 80.8 cm³/mol. The molecule has 0 saturated carbocycles. The van der Waals surface area contributed by atoms with Crippen molar-refractivity contribution in [2.45, 2.75) is 45.3 Å². The molecule has 1 aromatic rings. The van der Waals surface area contributed by atoms with Gasteiger partial charge in [0.25, 0.3) is 0 Å². The van der Waals surface area contributed by atoms with Crippen LogP contribution in [0.1, 0.15) is 33.3 Å². The smallest absolute Gasteiger partial charge is 0.151 e. The molecule has 1 aliphatic rings. The molecular weight excluding hydrogens is 269 g/mol. The van der Waals surface area contributed by atoms with E-state index in [0.29, 0.717) is 13.0 Å². The molecule has 1 fully saturated rings.